The summed E-state index contributed by atoms with van der Waals surface area (Å²) in [4.78, 5) is 16.2. The lowest BCUT2D eigenvalue weighted by Gasteiger charge is -2.37. The van der Waals surface area contributed by atoms with E-state index in [2.05, 4.69) is 10.5 Å². The largest absolute Gasteiger partial charge is 0.434 e. The van der Waals surface area contributed by atoms with Crippen LogP contribution in [0.25, 0.3) is 0 Å². The number of rotatable bonds is 6. The first-order valence-corrected chi connectivity index (χ1v) is 11.5. The third-order valence-electron chi connectivity index (χ3n) is 2.45. The molecule has 1 N–H and O–H groups in total. The van der Waals surface area contributed by atoms with Gasteiger partial charge in [0.25, 0.3) is 6.64 Å². The molecule has 128 valence electrons. The molecule has 1 aliphatic rings. The first-order chi connectivity index (χ1) is 10.4. The zero-order chi connectivity index (χ0) is 16.6. The van der Waals surface area contributed by atoms with Gasteiger partial charge in [-0.05, 0) is 57.2 Å². The van der Waals surface area contributed by atoms with E-state index in [1.54, 1.807) is 6.92 Å². The van der Waals surface area contributed by atoms with Crippen molar-refractivity contribution >= 4 is 53.3 Å². The molecule has 11 heteroatoms. The van der Waals surface area contributed by atoms with E-state index in [1.807, 2.05) is 24.2 Å². The molecule has 1 saturated heterocycles. The summed E-state index contributed by atoms with van der Waals surface area (Å²) in [7, 11) is 0. The number of nitrogens with one attached hydrogen (secondary N) is 1. The number of hydrogen-bond acceptors (Lipinski definition) is 8. The number of carbonyl (C=O) groups is 1. The van der Waals surface area contributed by atoms with Crippen LogP contribution in [0.1, 0.15) is 27.2 Å². The van der Waals surface area contributed by atoms with Crippen molar-refractivity contribution in [2.24, 2.45) is 5.16 Å². The van der Waals surface area contributed by atoms with Crippen LogP contribution in [0.15, 0.2) is 5.16 Å². The predicted octanol–water partition coefficient (Wildman–Crippen LogP) is 3.39. The maximum atomic E-state index is 11.5. The van der Waals surface area contributed by atoms with Gasteiger partial charge in [0.1, 0.15) is 5.04 Å². The monoisotopic (exact) mass is 387 g/mol. The normalized spacial score (nSPS) is 18.5. The average molecular weight is 387 g/mol. The molecular weight excluding hydrogens is 365 g/mol. The van der Waals surface area contributed by atoms with Crippen molar-refractivity contribution in [3.8, 4) is 0 Å². The van der Waals surface area contributed by atoms with Crippen molar-refractivity contribution in [3.63, 3.8) is 0 Å². The Bertz CT molecular complexity index is 440. The number of thioether (sulfide) groups is 1. The van der Waals surface area contributed by atoms with Gasteiger partial charge in [-0.3, -0.25) is 4.84 Å². The predicted molar refractivity (Wildman–Crippen MR) is 96.5 cm³/mol. The topological polar surface area (TPSA) is 72.4 Å². The first kappa shape index (κ1) is 20.2. The third kappa shape index (κ3) is 6.74. The highest BCUT2D eigenvalue weighted by molar-refractivity contribution is 8.15. The van der Waals surface area contributed by atoms with Gasteiger partial charge in [-0.15, -0.1) is 11.8 Å². The van der Waals surface area contributed by atoms with Gasteiger partial charge in [-0.1, -0.05) is 5.16 Å². The Kier molecular flexibility index (Phi) is 9.30. The van der Waals surface area contributed by atoms with Crippen molar-refractivity contribution in [1.82, 2.24) is 9.39 Å². The van der Waals surface area contributed by atoms with Gasteiger partial charge in [0, 0.05) is 6.04 Å². The van der Waals surface area contributed by atoms with Crippen LogP contribution in [-0.2, 0) is 25.7 Å². The van der Waals surface area contributed by atoms with Crippen LogP contribution in [0.5, 0.6) is 0 Å². The smallest absolute Gasteiger partial charge is 0.317 e. The fourth-order valence-electron chi connectivity index (χ4n) is 1.41. The minimum absolute atomic E-state index is 0.128. The Morgan fingerprint density at radius 3 is 2.68 bits per heavy atom. The lowest BCUT2D eigenvalue weighted by atomic mass is 10.4. The van der Waals surface area contributed by atoms with Gasteiger partial charge in [-0.25, -0.2) is 4.79 Å². The fraction of sp³-hybridized carbons (Fsp3) is 0.818. The molecule has 1 rings (SSSR count). The highest BCUT2D eigenvalue weighted by atomic mass is 32.5. The lowest BCUT2D eigenvalue weighted by Crippen LogP contribution is -2.30. The van der Waals surface area contributed by atoms with E-state index >= 15 is 0 Å². The summed E-state index contributed by atoms with van der Waals surface area (Å²) < 4.78 is 13.3. The van der Waals surface area contributed by atoms with E-state index in [9.17, 15) is 4.79 Å². The number of hydrogen-bond donors (Lipinski definition) is 1. The maximum absolute atomic E-state index is 11.5. The quantitative estimate of drug-likeness (QED) is 0.141. The van der Waals surface area contributed by atoms with Crippen LogP contribution in [-0.4, -0.2) is 46.6 Å². The lowest BCUT2D eigenvalue weighted by molar-refractivity contribution is 0.152. The Morgan fingerprint density at radius 2 is 2.14 bits per heavy atom. The van der Waals surface area contributed by atoms with Gasteiger partial charge in [-0.2, -0.15) is 4.08 Å². The maximum Gasteiger partial charge on any atom is 0.434 e. The molecule has 1 heterocycles. The van der Waals surface area contributed by atoms with Gasteiger partial charge in [0.15, 0.2) is 0 Å². The Hall–Kier alpha value is 0.170. The summed E-state index contributed by atoms with van der Waals surface area (Å²) in [6.07, 6.45) is 2.10. The first-order valence-electron chi connectivity index (χ1n) is 6.74. The molecule has 7 nitrogen and oxygen atoms in total. The summed E-state index contributed by atoms with van der Waals surface area (Å²) >= 11 is 8.31. The summed E-state index contributed by atoms with van der Waals surface area (Å²) in [5.41, 5.74) is 0. The van der Waals surface area contributed by atoms with Crippen molar-refractivity contribution in [2.45, 2.75) is 33.2 Å². The summed E-state index contributed by atoms with van der Waals surface area (Å²) in [5.74, 6) is 0.302. The Morgan fingerprint density at radius 1 is 1.50 bits per heavy atom. The zero-order valence-electron chi connectivity index (χ0n) is 13.1. The van der Waals surface area contributed by atoms with E-state index < -0.39 is 12.7 Å². The highest BCUT2D eigenvalue weighted by Gasteiger charge is 2.33. The molecule has 0 saturated carbocycles. The second-order valence-electron chi connectivity index (χ2n) is 4.53. The molecule has 1 aliphatic heterocycles. The van der Waals surface area contributed by atoms with Crippen molar-refractivity contribution in [3.05, 3.63) is 0 Å². The number of amides is 1. The molecule has 0 bridgehead atoms. The molecule has 0 aromatic carbocycles. The van der Waals surface area contributed by atoms with Crippen LogP contribution < -0.4 is 5.32 Å². The minimum atomic E-state index is -2.47. The number of nitrogens with zero attached hydrogens (tertiary/aromatic N) is 2. The molecule has 0 spiro atoms. The molecule has 1 amide bonds. The van der Waals surface area contributed by atoms with E-state index in [-0.39, 0.29) is 6.04 Å². The van der Waals surface area contributed by atoms with E-state index in [4.69, 9.17) is 25.7 Å². The van der Waals surface area contributed by atoms with E-state index in [0.29, 0.717) is 24.1 Å². The van der Waals surface area contributed by atoms with Gasteiger partial charge >= 0.3 is 6.09 Å². The van der Waals surface area contributed by atoms with Gasteiger partial charge < -0.3 is 14.4 Å². The van der Waals surface area contributed by atoms with Crippen LogP contribution in [0.4, 0.5) is 4.79 Å². The SMILES string of the molecule is CSC(C)=NOC(=O)NCSN(C(C)C)P1(=S)OCCCO1. The van der Waals surface area contributed by atoms with Gasteiger partial charge in [0.2, 0.25) is 0 Å². The molecule has 22 heavy (non-hydrogen) atoms. The van der Waals surface area contributed by atoms with Crippen molar-refractivity contribution < 1.29 is 18.7 Å². The van der Waals surface area contributed by atoms with Crippen molar-refractivity contribution in [1.29, 1.82) is 0 Å². The fourth-order valence-corrected chi connectivity index (χ4v) is 6.18. The standard InChI is InChI=1S/C11H22N3O4PS3/c1-9(2)14(19(20)16-6-5-7-17-19)22-8-12-11(15)18-13-10(3)21-4/h9H,5-8H2,1-4H3,(H,12,15). The molecular formula is C11H22N3O4PS3. The molecule has 0 aromatic rings. The summed E-state index contributed by atoms with van der Waals surface area (Å²) in [5, 5.41) is 6.94. The number of oxime groups is 1. The summed E-state index contributed by atoms with van der Waals surface area (Å²) in [6.45, 7) is 4.53. The van der Waals surface area contributed by atoms with Crippen LogP contribution in [0.3, 0.4) is 0 Å². The molecule has 0 radical (unpaired) electrons. The highest BCUT2D eigenvalue weighted by Crippen LogP contribution is 2.58. The van der Waals surface area contributed by atoms with E-state index in [0.717, 1.165) is 6.42 Å². The Labute approximate surface area is 145 Å². The number of carbonyl (C=O) groups excluding carboxylic acids is 1. The summed E-state index contributed by atoms with van der Waals surface area (Å²) in [6, 6.07) is 0.128. The van der Waals surface area contributed by atoms with Crippen LogP contribution in [0.2, 0.25) is 0 Å². The zero-order valence-corrected chi connectivity index (χ0v) is 16.4. The Balaban J connectivity index is 2.45. The molecule has 0 aliphatic carbocycles. The third-order valence-corrected chi connectivity index (χ3v) is 8.50. The molecule has 0 aromatic heterocycles. The second kappa shape index (κ2) is 10.1. The van der Waals surface area contributed by atoms with E-state index in [1.165, 1.54) is 23.7 Å². The van der Waals surface area contributed by atoms with Crippen LogP contribution in [0, 0.1) is 0 Å². The van der Waals surface area contributed by atoms with Gasteiger partial charge in [0.05, 0.1) is 19.1 Å². The molecule has 1 fully saturated rings. The average Bonchev–Trinajstić information content (AvgIpc) is 2.49. The molecule has 0 atom stereocenters. The van der Waals surface area contributed by atoms with Crippen molar-refractivity contribution in [2.75, 3.05) is 25.3 Å². The minimum Gasteiger partial charge on any atom is -0.317 e. The molecule has 0 unspecified atom stereocenters. The second-order valence-corrected chi connectivity index (χ2v) is 10.0. The van der Waals surface area contributed by atoms with Crippen LogP contribution >= 0.6 is 30.4 Å².